The summed E-state index contributed by atoms with van der Waals surface area (Å²) in [5.74, 6) is -0.0855. The van der Waals surface area contributed by atoms with Gasteiger partial charge in [0.1, 0.15) is 0 Å². The molecule has 0 aromatic rings. The Balaban J connectivity index is 3.82. The van der Waals surface area contributed by atoms with E-state index in [2.05, 4.69) is 31.3 Å². The minimum absolute atomic E-state index is 0.0855. The molecule has 31 heavy (non-hydrogen) atoms. The molecule has 0 aliphatic rings. The van der Waals surface area contributed by atoms with Crippen LogP contribution in [0, 0.1) is 0 Å². The molecular formula is C27H51NO3. The van der Waals surface area contributed by atoms with Gasteiger partial charge in [-0.05, 0) is 32.1 Å². The molecule has 2 atom stereocenters. The lowest BCUT2D eigenvalue weighted by molar-refractivity contribution is -0.123. The van der Waals surface area contributed by atoms with Crippen LogP contribution in [-0.4, -0.2) is 34.9 Å². The highest BCUT2D eigenvalue weighted by Gasteiger charge is 2.17. The van der Waals surface area contributed by atoms with Gasteiger partial charge in [-0.3, -0.25) is 4.79 Å². The fraction of sp³-hybridized carbons (Fsp3) is 0.815. The van der Waals surface area contributed by atoms with E-state index in [9.17, 15) is 15.0 Å². The van der Waals surface area contributed by atoms with E-state index in [0.29, 0.717) is 6.42 Å². The number of carbonyl (C=O) groups is 1. The standard InChI is InChI=1S/C27H51NO3/c1-3-5-7-9-11-12-13-14-15-17-18-20-22-26(30)25(24-29)28-27(31)23-21-19-16-10-8-6-4-2/h14-15,20,22,25-26,29-30H,3-13,16-19,21,23-24H2,1-2H3,(H,28,31)/b15-14+,22-20+. The molecule has 0 spiro atoms. The number of rotatable bonds is 22. The van der Waals surface area contributed by atoms with Gasteiger partial charge in [0.25, 0.3) is 0 Å². The summed E-state index contributed by atoms with van der Waals surface area (Å²) in [5, 5.41) is 22.5. The number of aliphatic hydroxyl groups is 2. The number of carbonyl (C=O) groups excluding carboxylic acids is 1. The van der Waals surface area contributed by atoms with Crippen molar-refractivity contribution in [1.82, 2.24) is 5.32 Å². The number of aliphatic hydroxyl groups excluding tert-OH is 2. The molecule has 4 heteroatoms. The summed E-state index contributed by atoms with van der Waals surface area (Å²) in [6, 6.07) is -0.628. The van der Waals surface area contributed by atoms with Crippen molar-refractivity contribution in [1.29, 1.82) is 0 Å². The van der Waals surface area contributed by atoms with E-state index in [-0.39, 0.29) is 12.5 Å². The molecule has 182 valence electrons. The summed E-state index contributed by atoms with van der Waals surface area (Å²) < 4.78 is 0. The lowest BCUT2D eigenvalue weighted by atomic mass is 10.1. The second kappa shape index (κ2) is 23.5. The summed E-state index contributed by atoms with van der Waals surface area (Å²) in [6.45, 7) is 4.20. The van der Waals surface area contributed by atoms with Crippen molar-refractivity contribution in [2.24, 2.45) is 0 Å². The van der Waals surface area contributed by atoms with E-state index in [1.165, 1.54) is 70.6 Å². The first kappa shape index (κ1) is 29.9. The average molecular weight is 438 g/mol. The van der Waals surface area contributed by atoms with Crippen molar-refractivity contribution in [2.75, 3.05) is 6.61 Å². The molecule has 0 radical (unpaired) electrons. The quantitative estimate of drug-likeness (QED) is 0.132. The monoisotopic (exact) mass is 437 g/mol. The van der Waals surface area contributed by atoms with Gasteiger partial charge in [-0.15, -0.1) is 0 Å². The SMILES string of the molecule is CCCCCCCC/C=C/CC/C=C/C(O)C(CO)NC(=O)CCCCCCCCC. The molecule has 0 aromatic heterocycles. The van der Waals surface area contributed by atoms with Crippen molar-refractivity contribution in [3.05, 3.63) is 24.3 Å². The third-order valence-corrected chi connectivity index (χ3v) is 5.69. The Bertz CT molecular complexity index is 448. The predicted octanol–water partition coefficient (Wildman–Crippen LogP) is 6.61. The molecular weight excluding hydrogens is 386 g/mol. The number of amides is 1. The lowest BCUT2D eigenvalue weighted by Crippen LogP contribution is -2.45. The van der Waals surface area contributed by atoms with Gasteiger partial charge >= 0.3 is 0 Å². The van der Waals surface area contributed by atoms with Crippen molar-refractivity contribution in [3.63, 3.8) is 0 Å². The second-order valence-corrected chi connectivity index (χ2v) is 8.75. The van der Waals surface area contributed by atoms with Crippen LogP contribution in [0.2, 0.25) is 0 Å². The molecule has 0 fully saturated rings. The van der Waals surface area contributed by atoms with Crippen LogP contribution >= 0.6 is 0 Å². The maximum atomic E-state index is 12.1. The molecule has 2 unspecified atom stereocenters. The lowest BCUT2D eigenvalue weighted by Gasteiger charge is -2.19. The number of hydrogen-bond donors (Lipinski definition) is 3. The van der Waals surface area contributed by atoms with E-state index >= 15 is 0 Å². The van der Waals surface area contributed by atoms with E-state index in [1.54, 1.807) is 6.08 Å². The molecule has 3 N–H and O–H groups in total. The summed E-state index contributed by atoms with van der Waals surface area (Å²) in [4.78, 5) is 12.1. The summed E-state index contributed by atoms with van der Waals surface area (Å²) in [5.41, 5.74) is 0. The van der Waals surface area contributed by atoms with Crippen molar-refractivity contribution >= 4 is 5.91 Å². The molecule has 0 aliphatic carbocycles. The van der Waals surface area contributed by atoms with E-state index < -0.39 is 12.1 Å². The van der Waals surface area contributed by atoms with Crippen LogP contribution in [-0.2, 0) is 4.79 Å². The predicted molar refractivity (Wildman–Crippen MR) is 133 cm³/mol. The zero-order valence-corrected chi connectivity index (χ0v) is 20.5. The summed E-state index contributed by atoms with van der Waals surface area (Å²) >= 11 is 0. The highest BCUT2D eigenvalue weighted by atomic mass is 16.3. The first-order valence-electron chi connectivity index (χ1n) is 13.1. The highest BCUT2D eigenvalue weighted by Crippen LogP contribution is 2.09. The Morgan fingerprint density at radius 2 is 1.26 bits per heavy atom. The van der Waals surface area contributed by atoms with Gasteiger partial charge in [0, 0.05) is 6.42 Å². The first-order valence-corrected chi connectivity index (χ1v) is 13.1. The molecule has 0 rings (SSSR count). The molecule has 0 heterocycles. The number of nitrogens with one attached hydrogen (secondary N) is 1. The van der Waals surface area contributed by atoms with Crippen LogP contribution in [0.5, 0.6) is 0 Å². The maximum absolute atomic E-state index is 12.1. The Hall–Kier alpha value is -1.13. The third-order valence-electron chi connectivity index (χ3n) is 5.69. The summed E-state index contributed by atoms with van der Waals surface area (Å²) in [6.07, 6.45) is 26.8. The Morgan fingerprint density at radius 3 is 1.87 bits per heavy atom. The molecule has 0 aromatic carbocycles. The van der Waals surface area contributed by atoms with Crippen LogP contribution in [0.3, 0.4) is 0 Å². The van der Waals surface area contributed by atoms with Gasteiger partial charge in [-0.2, -0.15) is 0 Å². The number of allylic oxidation sites excluding steroid dienone is 3. The average Bonchev–Trinajstić information content (AvgIpc) is 2.77. The van der Waals surface area contributed by atoms with Crippen LogP contribution < -0.4 is 5.32 Å². The Labute approximate surface area is 192 Å². The second-order valence-electron chi connectivity index (χ2n) is 8.75. The minimum Gasteiger partial charge on any atom is -0.394 e. The normalized spacial score (nSPS) is 13.8. The maximum Gasteiger partial charge on any atom is 0.220 e. The van der Waals surface area contributed by atoms with Gasteiger partial charge in [0.15, 0.2) is 0 Å². The zero-order chi connectivity index (χ0) is 23.0. The third kappa shape index (κ3) is 20.5. The van der Waals surface area contributed by atoms with Crippen LogP contribution in [0.4, 0.5) is 0 Å². The molecule has 0 saturated heterocycles. The molecule has 4 nitrogen and oxygen atoms in total. The zero-order valence-electron chi connectivity index (χ0n) is 20.5. The van der Waals surface area contributed by atoms with E-state index in [0.717, 1.165) is 32.1 Å². The molecule has 0 bridgehead atoms. The number of hydrogen-bond acceptors (Lipinski definition) is 3. The topological polar surface area (TPSA) is 69.6 Å². The molecule has 1 amide bonds. The fourth-order valence-corrected chi connectivity index (χ4v) is 3.60. The molecule has 0 aliphatic heterocycles. The van der Waals surface area contributed by atoms with Crippen LogP contribution in [0.25, 0.3) is 0 Å². The minimum atomic E-state index is -0.852. The van der Waals surface area contributed by atoms with Gasteiger partial charge in [0.2, 0.25) is 5.91 Å². The van der Waals surface area contributed by atoms with Crippen molar-refractivity contribution in [3.8, 4) is 0 Å². The largest absolute Gasteiger partial charge is 0.394 e. The number of unbranched alkanes of at least 4 members (excludes halogenated alkanes) is 13. The highest BCUT2D eigenvalue weighted by molar-refractivity contribution is 5.76. The Morgan fingerprint density at radius 1 is 0.742 bits per heavy atom. The van der Waals surface area contributed by atoms with E-state index in [4.69, 9.17) is 0 Å². The smallest absolute Gasteiger partial charge is 0.220 e. The van der Waals surface area contributed by atoms with Crippen LogP contribution in [0.1, 0.15) is 123 Å². The fourth-order valence-electron chi connectivity index (χ4n) is 3.60. The molecule has 0 saturated carbocycles. The van der Waals surface area contributed by atoms with Gasteiger partial charge < -0.3 is 15.5 Å². The van der Waals surface area contributed by atoms with Gasteiger partial charge in [0.05, 0.1) is 18.8 Å². The van der Waals surface area contributed by atoms with Gasteiger partial charge in [-0.1, -0.05) is 109 Å². The van der Waals surface area contributed by atoms with Crippen molar-refractivity contribution < 1.29 is 15.0 Å². The Kier molecular flexibility index (Phi) is 22.7. The van der Waals surface area contributed by atoms with Gasteiger partial charge in [-0.25, -0.2) is 0 Å². The van der Waals surface area contributed by atoms with E-state index in [1.807, 2.05) is 6.08 Å². The first-order chi connectivity index (χ1) is 15.2. The van der Waals surface area contributed by atoms with Crippen molar-refractivity contribution in [2.45, 2.75) is 135 Å². The summed E-state index contributed by atoms with van der Waals surface area (Å²) in [7, 11) is 0. The van der Waals surface area contributed by atoms with Crippen LogP contribution in [0.15, 0.2) is 24.3 Å².